The van der Waals surface area contributed by atoms with Gasteiger partial charge in [0.25, 0.3) is 0 Å². The van der Waals surface area contributed by atoms with Gasteiger partial charge in [0.2, 0.25) is 0 Å². The second-order valence-corrected chi connectivity index (χ2v) is 2.96. The summed E-state index contributed by atoms with van der Waals surface area (Å²) in [7, 11) is 0. The van der Waals surface area contributed by atoms with Gasteiger partial charge in [-0.15, -0.1) is 0 Å². The molecule has 0 nitrogen and oxygen atoms in total. The van der Waals surface area contributed by atoms with Crippen LogP contribution in [0.2, 0.25) is 5.28 Å². The van der Waals surface area contributed by atoms with E-state index < -0.39 is 0 Å². The van der Waals surface area contributed by atoms with Crippen molar-refractivity contribution in [3.05, 3.63) is 35.9 Å². The maximum atomic E-state index is 2.75. The molecule has 1 heteroatoms. The Morgan fingerprint density at radius 1 is 1.10 bits per heavy atom. The van der Waals surface area contributed by atoms with Crippen LogP contribution in [0.3, 0.4) is 0 Å². The number of aryl methyl sites for hydroxylation is 1. The molecular formula is C9H11Al+2. The van der Waals surface area contributed by atoms with Gasteiger partial charge >= 0.3 is 70.3 Å². The summed E-state index contributed by atoms with van der Waals surface area (Å²) in [6.45, 7) is 0. The molecule has 0 radical (unpaired) electrons. The van der Waals surface area contributed by atoms with Crippen LogP contribution in [-0.2, 0) is 6.42 Å². The van der Waals surface area contributed by atoms with E-state index in [9.17, 15) is 0 Å². The second-order valence-electron chi connectivity index (χ2n) is 2.38. The van der Waals surface area contributed by atoms with Gasteiger partial charge in [0.1, 0.15) is 0 Å². The summed E-state index contributed by atoms with van der Waals surface area (Å²) >= 11 is 2.75. The van der Waals surface area contributed by atoms with Gasteiger partial charge in [-0.1, -0.05) is 0 Å². The Bertz CT molecular complexity index is 169. The van der Waals surface area contributed by atoms with Crippen LogP contribution in [0.25, 0.3) is 0 Å². The molecule has 10 heavy (non-hydrogen) atoms. The second kappa shape index (κ2) is 4.55. The molecule has 0 aliphatic heterocycles. The normalized spacial score (nSPS) is 9.80. The molecule has 0 bridgehead atoms. The summed E-state index contributed by atoms with van der Waals surface area (Å²) < 4.78 is 0. The predicted molar refractivity (Wildman–Crippen MR) is 45.3 cm³/mol. The Hall–Kier alpha value is -0.248. The van der Waals surface area contributed by atoms with Crippen LogP contribution in [0.5, 0.6) is 0 Å². The van der Waals surface area contributed by atoms with Crippen molar-refractivity contribution in [3.8, 4) is 0 Å². The molecule has 0 saturated heterocycles. The van der Waals surface area contributed by atoms with Crippen molar-refractivity contribution >= 4 is 16.3 Å². The zero-order valence-electron chi connectivity index (χ0n) is 6.09. The Kier molecular flexibility index (Phi) is 3.57. The van der Waals surface area contributed by atoms with Crippen molar-refractivity contribution in [2.24, 2.45) is 0 Å². The molecular weight excluding hydrogens is 135 g/mol. The van der Waals surface area contributed by atoms with E-state index in [-0.39, 0.29) is 0 Å². The first-order chi connectivity index (χ1) is 4.93. The van der Waals surface area contributed by atoms with Crippen LogP contribution >= 0.6 is 0 Å². The number of benzene rings is 1. The Morgan fingerprint density at radius 3 is 2.40 bits per heavy atom. The molecule has 48 valence electrons. The van der Waals surface area contributed by atoms with Crippen molar-refractivity contribution in [3.63, 3.8) is 0 Å². The fourth-order valence-electron chi connectivity index (χ4n) is 0.951. The molecule has 0 heterocycles. The Morgan fingerprint density at radius 2 is 1.80 bits per heavy atom. The van der Waals surface area contributed by atoms with Gasteiger partial charge in [0.15, 0.2) is 0 Å². The summed E-state index contributed by atoms with van der Waals surface area (Å²) in [4.78, 5) is 0. The topological polar surface area (TPSA) is 0 Å². The van der Waals surface area contributed by atoms with E-state index in [2.05, 4.69) is 46.6 Å². The molecule has 1 aromatic rings. The predicted octanol–water partition coefficient (Wildman–Crippen LogP) is 2.21. The van der Waals surface area contributed by atoms with Crippen molar-refractivity contribution in [1.82, 2.24) is 0 Å². The van der Waals surface area contributed by atoms with Gasteiger partial charge in [-0.25, -0.2) is 0 Å². The number of hydrogen-bond donors (Lipinski definition) is 0. The Labute approximate surface area is 70.7 Å². The van der Waals surface area contributed by atoms with Crippen molar-refractivity contribution in [2.45, 2.75) is 18.1 Å². The minimum absolute atomic E-state index is 1.20. The Balaban J connectivity index is 2.43. The van der Waals surface area contributed by atoms with Gasteiger partial charge in [-0.05, 0) is 0 Å². The first-order valence-electron chi connectivity index (χ1n) is 3.67. The van der Waals surface area contributed by atoms with Gasteiger partial charge in [0, 0.05) is 0 Å². The van der Waals surface area contributed by atoms with E-state index in [1.54, 1.807) is 0 Å². The standard InChI is InChI=1S/C9H11.Al/c1-2-6-9-7-4-3-5-8-9;/h3-5,7-8H,1-2,6H2;/q;+2. The van der Waals surface area contributed by atoms with Gasteiger partial charge < -0.3 is 0 Å². The van der Waals surface area contributed by atoms with E-state index in [4.69, 9.17) is 0 Å². The molecule has 0 spiro atoms. The van der Waals surface area contributed by atoms with Crippen molar-refractivity contribution < 1.29 is 0 Å². The molecule has 0 unspecified atom stereocenters. The van der Waals surface area contributed by atoms with E-state index >= 15 is 0 Å². The van der Waals surface area contributed by atoms with Crippen molar-refractivity contribution in [2.75, 3.05) is 0 Å². The van der Waals surface area contributed by atoms with Crippen LogP contribution < -0.4 is 0 Å². The zero-order chi connectivity index (χ0) is 7.23. The molecule has 0 aromatic heterocycles. The van der Waals surface area contributed by atoms with E-state index in [1.807, 2.05) is 0 Å². The van der Waals surface area contributed by atoms with E-state index in [1.165, 1.54) is 23.7 Å². The zero-order valence-corrected chi connectivity index (χ0v) is 7.24. The summed E-state index contributed by atoms with van der Waals surface area (Å²) in [6, 6.07) is 10.6. The molecule has 0 N–H and O–H groups in total. The van der Waals surface area contributed by atoms with Gasteiger partial charge in [-0.3, -0.25) is 0 Å². The van der Waals surface area contributed by atoms with Crippen LogP contribution in [-0.4, -0.2) is 16.3 Å². The summed E-state index contributed by atoms with van der Waals surface area (Å²) in [5, 5.41) is 1.20. The number of hydrogen-bond acceptors (Lipinski definition) is 0. The molecule has 1 rings (SSSR count). The molecule has 0 amide bonds. The first kappa shape index (κ1) is 7.86. The molecule has 1 aromatic carbocycles. The summed E-state index contributed by atoms with van der Waals surface area (Å²) in [5.41, 5.74) is 1.45. The van der Waals surface area contributed by atoms with E-state index in [0.717, 1.165) is 0 Å². The summed E-state index contributed by atoms with van der Waals surface area (Å²) in [6.07, 6.45) is 2.49. The average Bonchev–Trinajstić information content (AvgIpc) is 2.03. The van der Waals surface area contributed by atoms with Crippen LogP contribution in [0, 0.1) is 0 Å². The third-order valence-corrected chi connectivity index (χ3v) is 1.92. The first-order valence-corrected chi connectivity index (χ1v) is 4.49. The van der Waals surface area contributed by atoms with Crippen LogP contribution in [0.1, 0.15) is 12.0 Å². The molecule has 0 aliphatic rings. The fraction of sp³-hybridized carbons (Fsp3) is 0.333. The molecule has 0 atom stereocenters. The molecule has 0 aliphatic carbocycles. The third kappa shape index (κ3) is 2.56. The number of rotatable bonds is 3. The van der Waals surface area contributed by atoms with Gasteiger partial charge in [-0.2, -0.15) is 0 Å². The minimum atomic E-state index is 1.20. The molecule has 0 saturated carbocycles. The fourth-order valence-corrected chi connectivity index (χ4v) is 1.15. The summed E-state index contributed by atoms with van der Waals surface area (Å²) in [5.74, 6) is 0. The molecule has 0 fully saturated rings. The SMILES string of the molecule is [Al+2][CH2]CCc1ccccc1. The average molecular weight is 146 g/mol. The monoisotopic (exact) mass is 146 g/mol. The quantitative estimate of drug-likeness (QED) is 0.573. The van der Waals surface area contributed by atoms with Gasteiger partial charge in [0.05, 0.1) is 0 Å². The van der Waals surface area contributed by atoms with Crippen molar-refractivity contribution in [1.29, 1.82) is 0 Å². The maximum absolute atomic E-state index is 2.75. The third-order valence-electron chi connectivity index (χ3n) is 1.51. The van der Waals surface area contributed by atoms with Crippen LogP contribution in [0.4, 0.5) is 0 Å². The van der Waals surface area contributed by atoms with Crippen LogP contribution in [0.15, 0.2) is 30.3 Å². The van der Waals surface area contributed by atoms with E-state index in [0.29, 0.717) is 0 Å².